The first-order valence-corrected chi connectivity index (χ1v) is 8.31. The average Bonchev–Trinajstić information content (AvgIpc) is 2.57. The van der Waals surface area contributed by atoms with Gasteiger partial charge in [0.25, 0.3) is 0 Å². The fraction of sp³-hybridized carbons (Fsp3) is 0.0526. The van der Waals surface area contributed by atoms with E-state index >= 15 is 0 Å². The topological polar surface area (TPSA) is 54.0 Å². The van der Waals surface area contributed by atoms with Crippen LogP contribution in [0.25, 0.3) is 0 Å². The van der Waals surface area contributed by atoms with E-state index in [1.807, 2.05) is 66.7 Å². The van der Waals surface area contributed by atoms with Crippen LogP contribution in [0.1, 0.15) is 5.56 Å². The van der Waals surface area contributed by atoms with E-state index in [2.05, 4.69) is 31.5 Å². The van der Waals surface area contributed by atoms with E-state index in [4.69, 9.17) is 0 Å². The molecule has 0 saturated carbocycles. The van der Waals surface area contributed by atoms with Crippen LogP contribution in [-0.4, -0.2) is 10.9 Å². The normalized spacial score (nSPS) is 10.2. The van der Waals surface area contributed by atoms with Gasteiger partial charge in [0.2, 0.25) is 5.91 Å². The molecule has 0 aliphatic heterocycles. The van der Waals surface area contributed by atoms with Gasteiger partial charge in [-0.1, -0.05) is 52.3 Å². The molecule has 0 spiro atoms. The molecule has 120 valence electrons. The fourth-order valence-corrected chi connectivity index (χ4v) is 2.64. The van der Waals surface area contributed by atoms with Crippen molar-refractivity contribution >= 4 is 39.0 Å². The SMILES string of the molecule is O=C(Cc1ccccc1)Nc1ccc(Nc2cccc(Br)c2)nc1. The van der Waals surface area contributed by atoms with Crippen molar-refractivity contribution in [3.8, 4) is 0 Å². The molecule has 3 rings (SSSR count). The van der Waals surface area contributed by atoms with Crippen LogP contribution >= 0.6 is 15.9 Å². The van der Waals surface area contributed by atoms with E-state index < -0.39 is 0 Å². The van der Waals surface area contributed by atoms with Gasteiger partial charge in [0.05, 0.1) is 18.3 Å². The summed E-state index contributed by atoms with van der Waals surface area (Å²) in [6, 6.07) is 21.1. The van der Waals surface area contributed by atoms with Crippen LogP contribution in [0.15, 0.2) is 77.4 Å². The van der Waals surface area contributed by atoms with Gasteiger partial charge < -0.3 is 10.6 Å². The Balaban J connectivity index is 1.59. The van der Waals surface area contributed by atoms with Crippen LogP contribution in [0.4, 0.5) is 17.2 Å². The quantitative estimate of drug-likeness (QED) is 0.669. The van der Waals surface area contributed by atoms with Crippen molar-refractivity contribution in [3.05, 3.63) is 83.0 Å². The fourth-order valence-electron chi connectivity index (χ4n) is 2.24. The summed E-state index contributed by atoms with van der Waals surface area (Å²) in [5, 5.41) is 6.07. The summed E-state index contributed by atoms with van der Waals surface area (Å²) >= 11 is 3.43. The zero-order valence-electron chi connectivity index (χ0n) is 12.9. The average molecular weight is 382 g/mol. The van der Waals surface area contributed by atoms with Gasteiger partial charge in [-0.3, -0.25) is 4.79 Å². The molecule has 5 heteroatoms. The van der Waals surface area contributed by atoms with Crippen molar-refractivity contribution in [3.63, 3.8) is 0 Å². The lowest BCUT2D eigenvalue weighted by molar-refractivity contribution is -0.115. The predicted molar refractivity (Wildman–Crippen MR) is 100 cm³/mol. The van der Waals surface area contributed by atoms with E-state index in [1.165, 1.54) is 0 Å². The Morgan fingerprint density at radius 3 is 2.50 bits per heavy atom. The van der Waals surface area contributed by atoms with E-state index in [0.717, 1.165) is 15.7 Å². The third-order valence-corrected chi connectivity index (χ3v) is 3.85. The van der Waals surface area contributed by atoms with Crippen molar-refractivity contribution < 1.29 is 4.79 Å². The summed E-state index contributed by atoms with van der Waals surface area (Å²) in [5.74, 6) is 0.657. The van der Waals surface area contributed by atoms with Gasteiger partial charge in [-0.05, 0) is 35.9 Å². The van der Waals surface area contributed by atoms with Crippen LogP contribution in [0, 0.1) is 0 Å². The third kappa shape index (κ3) is 4.67. The van der Waals surface area contributed by atoms with Gasteiger partial charge in [0.1, 0.15) is 5.82 Å². The summed E-state index contributed by atoms with van der Waals surface area (Å²) < 4.78 is 0.997. The Labute approximate surface area is 149 Å². The molecule has 0 bridgehead atoms. The molecule has 0 atom stereocenters. The minimum atomic E-state index is -0.0595. The molecule has 24 heavy (non-hydrogen) atoms. The number of carbonyl (C=O) groups is 1. The van der Waals surface area contributed by atoms with Crippen LogP contribution in [-0.2, 0) is 11.2 Å². The number of aromatic nitrogens is 1. The Hall–Kier alpha value is -2.66. The van der Waals surface area contributed by atoms with Crippen LogP contribution in [0.5, 0.6) is 0 Å². The lowest BCUT2D eigenvalue weighted by Gasteiger charge is -2.08. The standard InChI is InChI=1S/C19H16BrN3O/c20-15-7-4-8-16(12-15)22-18-10-9-17(13-21-18)23-19(24)11-14-5-2-1-3-6-14/h1-10,12-13H,11H2,(H,21,22)(H,23,24). The molecule has 0 radical (unpaired) electrons. The summed E-state index contributed by atoms with van der Waals surface area (Å²) in [6.45, 7) is 0. The highest BCUT2D eigenvalue weighted by Crippen LogP contribution is 2.20. The van der Waals surface area contributed by atoms with Crippen LogP contribution in [0.2, 0.25) is 0 Å². The summed E-state index contributed by atoms with van der Waals surface area (Å²) in [6.07, 6.45) is 1.99. The van der Waals surface area contributed by atoms with Gasteiger partial charge in [-0.2, -0.15) is 0 Å². The second-order valence-corrected chi connectivity index (χ2v) is 6.19. The highest BCUT2D eigenvalue weighted by Gasteiger charge is 2.04. The van der Waals surface area contributed by atoms with Gasteiger partial charge in [-0.15, -0.1) is 0 Å². The van der Waals surface area contributed by atoms with Gasteiger partial charge in [0, 0.05) is 10.2 Å². The second kappa shape index (κ2) is 7.75. The van der Waals surface area contributed by atoms with Crippen molar-refractivity contribution in [1.29, 1.82) is 0 Å². The molecule has 1 aromatic heterocycles. The zero-order valence-corrected chi connectivity index (χ0v) is 14.5. The lowest BCUT2D eigenvalue weighted by atomic mass is 10.1. The molecule has 1 amide bonds. The Morgan fingerprint density at radius 1 is 0.958 bits per heavy atom. The Bertz CT molecular complexity index is 820. The zero-order chi connectivity index (χ0) is 16.8. The molecule has 2 N–H and O–H groups in total. The molecule has 0 unspecified atom stereocenters. The molecule has 1 heterocycles. The first-order chi connectivity index (χ1) is 11.7. The number of nitrogens with zero attached hydrogens (tertiary/aromatic N) is 1. The molecule has 0 aliphatic rings. The van der Waals surface area contributed by atoms with E-state index in [0.29, 0.717) is 17.9 Å². The highest BCUT2D eigenvalue weighted by atomic mass is 79.9. The monoisotopic (exact) mass is 381 g/mol. The van der Waals surface area contributed by atoms with Crippen molar-refractivity contribution in [2.24, 2.45) is 0 Å². The molecule has 0 aliphatic carbocycles. The van der Waals surface area contributed by atoms with Gasteiger partial charge in [-0.25, -0.2) is 4.98 Å². The lowest BCUT2D eigenvalue weighted by Crippen LogP contribution is -2.14. The van der Waals surface area contributed by atoms with Gasteiger partial charge >= 0.3 is 0 Å². The maximum Gasteiger partial charge on any atom is 0.228 e. The molecule has 3 aromatic rings. The molecular weight excluding hydrogens is 366 g/mol. The van der Waals surface area contributed by atoms with Gasteiger partial charge in [0.15, 0.2) is 0 Å². The third-order valence-electron chi connectivity index (χ3n) is 3.35. The van der Waals surface area contributed by atoms with E-state index in [-0.39, 0.29) is 5.91 Å². The summed E-state index contributed by atoms with van der Waals surface area (Å²) in [7, 11) is 0. The summed E-state index contributed by atoms with van der Waals surface area (Å²) in [4.78, 5) is 16.4. The molecule has 0 saturated heterocycles. The number of anilines is 3. The van der Waals surface area contributed by atoms with E-state index in [1.54, 1.807) is 6.20 Å². The minimum Gasteiger partial charge on any atom is -0.340 e. The Morgan fingerprint density at radius 2 is 1.79 bits per heavy atom. The number of nitrogens with one attached hydrogen (secondary N) is 2. The second-order valence-electron chi connectivity index (χ2n) is 5.28. The van der Waals surface area contributed by atoms with Crippen molar-refractivity contribution in [2.75, 3.05) is 10.6 Å². The van der Waals surface area contributed by atoms with E-state index in [9.17, 15) is 4.79 Å². The first kappa shape index (κ1) is 16.2. The smallest absolute Gasteiger partial charge is 0.228 e. The molecule has 0 fully saturated rings. The largest absolute Gasteiger partial charge is 0.340 e. The number of carbonyl (C=O) groups excluding carboxylic acids is 1. The van der Waals surface area contributed by atoms with Crippen LogP contribution < -0.4 is 10.6 Å². The number of pyridine rings is 1. The van der Waals surface area contributed by atoms with Crippen LogP contribution in [0.3, 0.4) is 0 Å². The summed E-state index contributed by atoms with van der Waals surface area (Å²) in [5.41, 5.74) is 2.60. The highest BCUT2D eigenvalue weighted by molar-refractivity contribution is 9.10. The number of hydrogen-bond acceptors (Lipinski definition) is 3. The number of hydrogen-bond donors (Lipinski definition) is 2. The first-order valence-electron chi connectivity index (χ1n) is 7.51. The number of amides is 1. The molecule has 2 aromatic carbocycles. The maximum atomic E-state index is 12.0. The molecular formula is C19H16BrN3O. The number of benzene rings is 2. The Kier molecular flexibility index (Phi) is 5.23. The maximum absolute atomic E-state index is 12.0. The predicted octanol–water partition coefficient (Wildman–Crippen LogP) is 4.77. The number of halogens is 1. The van der Waals surface area contributed by atoms with Crippen molar-refractivity contribution in [1.82, 2.24) is 4.98 Å². The van der Waals surface area contributed by atoms with Crippen molar-refractivity contribution in [2.45, 2.75) is 6.42 Å². The number of rotatable bonds is 5. The minimum absolute atomic E-state index is 0.0595. The molecule has 4 nitrogen and oxygen atoms in total.